The van der Waals surface area contributed by atoms with Crippen LogP contribution in [0.3, 0.4) is 0 Å². The van der Waals surface area contributed by atoms with E-state index in [1.165, 1.54) is 20.1 Å². The molecular weight excluding hydrogens is 444 g/mol. The summed E-state index contributed by atoms with van der Waals surface area (Å²) in [6.07, 6.45) is 0.392. The van der Waals surface area contributed by atoms with E-state index in [0.29, 0.717) is 24.0 Å². The van der Waals surface area contributed by atoms with Crippen LogP contribution in [0.2, 0.25) is 0 Å². The molecule has 4 fully saturated rings. The first-order valence-electron chi connectivity index (χ1n) is 11.9. The summed E-state index contributed by atoms with van der Waals surface area (Å²) in [7, 11) is 0. The Balaban J connectivity index is 1.54. The lowest BCUT2D eigenvalue weighted by Gasteiger charge is -2.51. The number of ether oxygens (including phenoxy) is 4. The van der Waals surface area contributed by atoms with Gasteiger partial charge in [0.05, 0.1) is 29.8 Å². The number of esters is 3. The highest BCUT2D eigenvalue weighted by Crippen LogP contribution is 2.77. The van der Waals surface area contributed by atoms with Crippen LogP contribution in [-0.2, 0) is 33.3 Å². The molecule has 2 N–H and O–H groups in total. The second kappa shape index (κ2) is 7.31. The molecule has 0 aromatic heterocycles. The Kier molecular flexibility index (Phi) is 5.02. The summed E-state index contributed by atoms with van der Waals surface area (Å²) in [6.45, 7) is 8.24. The Labute approximate surface area is 198 Å². The lowest BCUT2D eigenvalue weighted by molar-refractivity contribution is -0.211. The van der Waals surface area contributed by atoms with Crippen molar-refractivity contribution in [3.05, 3.63) is 23.5 Å². The zero-order chi connectivity index (χ0) is 24.8. The summed E-state index contributed by atoms with van der Waals surface area (Å²) in [5.41, 5.74) is -1.84. The minimum absolute atomic E-state index is 0.206. The summed E-state index contributed by atoms with van der Waals surface area (Å²) in [5.74, 6) is -2.72. The van der Waals surface area contributed by atoms with Crippen molar-refractivity contribution < 1.29 is 43.5 Å². The van der Waals surface area contributed by atoms with Crippen molar-refractivity contribution >= 4 is 17.9 Å². The number of rotatable bonds is 5. The Morgan fingerprint density at radius 2 is 2.00 bits per heavy atom. The molecule has 1 saturated heterocycles. The highest BCUT2D eigenvalue weighted by atomic mass is 16.7. The van der Waals surface area contributed by atoms with E-state index in [2.05, 4.69) is 0 Å². The van der Waals surface area contributed by atoms with Crippen molar-refractivity contribution in [3.8, 4) is 0 Å². The molecule has 0 amide bonds. The van der Waals surface area contributed by atoms with Gasteiger partial charge in [0.1, 0.15) is 6.10 Å². The largest absolute Gasteiger partial charge is 0.462 e. The second-order valence-corrected chi connectivity index (χ2v) is 11.2. The normalized spacial score (nSPS) is 44.1. The predicted octanol–water partition coefficient (Wildman–Crippen LogP) is 1.76. The van der Waals surface area contributed by atoms with Gasteiger partial charge >= 0.3 is 17.9 Å². The van der Waals surface area contributed by atoms with Gasteiger partial charge in [0, 0.05) is 34.3 Å². The third-order valence-electron chi connectivity index (χ3n) is 8.76. The molecule has 3 bridgehead atoms. The van der Waals surface area contributed by atoms with E-state index >= 15 is 0 Å². The van der Waals surface area contributed by atoms with Crippen LogP contribution in [0, 0.1) is 28.6 Å². The van der Waals surface area contributed by atoms with Crippen molar-refractivity contribution in [1.29, 1.82) is 0 Å². The minimum Gasteiger partial charge on any atom is -0.462 e. The lowest BCUT2D eigenvalue weighted by Crippen LogP contribution is -2.58. The first-order chi connectivity index (χ1) is 15.8. The van der Waals surface area contributed by atoms with Gasteiger partial charge in [0.2, 0.25) is 6.29 Å². The van der Waals surface area contributed by atoms with Crippen LogP contribution in [0.5, 0.6) is 0 Å². The summed E-state index contributed by atoms with van der Waals surface area (Å²) < 4.78 is 23.2. The molecular formula is C25H32O9. The van der Waals surface area contributed by atoms with Crippen molar-refractivity contribution in [2.75, 3.05) is 0 Å². The highest BCUT2D eigenvalue weighted by Gasteiger charge is 2.82. The van der Waals surface area contributed by atoms with Crippen molar-refractivity contribution in [2.45, 2.75) is 84.1 Å². The Morgan fingerprint density at radius 3 is 2.65 bits per heavy atom. The molecule has 9 nitrogen and oxygen atoms in total. The first kappa shape index (κ1) is 23.4. The van der Waals surface area contributed by atoms with E-state index in [-0.39, 0.29) is 12.3 Å². The molecule has 0 aromatic carbocycles. The Bertz CT molecular complexity index is 1010. The monoisotopic (exact) mass is 476 g/mol. The number of allylic oxidation sites excluding steroid dienone is 1. The fourth-order valence-corrected chi connectivity index (χ4v) is 7.35. The summed E-state index contributed by atoms with van der Waals surface area (Å²) in [6, 6.07) is 0. The van der Waals surface area contributed by atoms with Crippen LogP contribution in [0.4, 0.5) is 0 Å². The number of carbonyl (C=O) groups is 3. The van der Waals surface area contributed by atoms with Crippen LogP contribution in [-0.4, -0.2) is 58.3 Å². The van der Waals surface area contributed by atoms with E-state index in [9.17, 15) is 24.6 Å². The zero-order valence-corrected chi connectivity index (χ0v) is 20.1. The van der Waals surface area contributed by atoms with E-state index in [1.807, 2.05) is 0 Å². The van der Waals surface area contributed by atoms with Gasteiger partial charge in [-0.15, -0.1) is 0 Å². The molecule has 2 heterocycles. The maximum Gasteiger partial charge on any atom is 0.333 e. The highest BCUT2D eigenvalue weighted by molar-refractivity contribution is 5.88. The van der Waals surface area contributed by atoms with E-state index in [0.717, 1.165) is 0 Å². The van der Waals surface area contributed by atoms with Gasteiger partial charge in [-0.2, -0.15) is 0 Å². The number of fused-ring (bicyclic) bond motifs is 3. The Morgan fingerprint density at radius 1 is 1.29 bits per heavy atom. The molecule has 2 aliphatic heterocycles. The van der Waals surface area contributed by atoms with E-state index in [1.54, 1.807) is 26.8 Å². The number of carbonyl (C=O) groups excluding carboxylic acids is 3. The summed E-state index contributed by atoms with van der Waals surface area (Å²) in [4.78, 5) is 38.4. The van der Waals surface area contributed by atoms with Gasteiger partial charge in [-0.25, -0.2) is 4.79 Å². The first-order valence-corrected chi connectivity index (χ1v) is 11.9. The van der Waals surface area contributed by atoms with Crippen LogP contribution in [0.1, 0.15) is 53.9 Å². The molecule has 3 saturated carbocycles. The topological polar surface area (TPSA) is 129 Å². The molecule has 1 spiro atoms. The standard InChI is InChI=1S/C25H32O9/c1-6-11(2)20(28)33-17-13-8-25-12-7-15(26)19(25)24(13,5)22(29)34-18(17)14(25)10-31-21(12)32-16(27)9-23(3,4)30/h6,10,12-13,15,17-19,21,26,30H,7-9H2,1-5H3/b11-6-/t12-,13+,15-,17+,18-,19+,21+,24-,25+/m0/s1. The van der Waals surface area contributed by atoms with Crippen molar-refractivity contribution in [1.82, 2.24) is 0 Å². The van der Waals surface area contributed by atoms with Gasteiger partial charge in [0.25, 0.3) is 0 Å². The SMILES string of the molecule is C/C=C(/C)C(=O)O[C@@H]1[C@H]2C[C@]34C5=CO[C@H](OC(=O)CC(C)(C)O)[C@@H]3C[C@H](O)[C@@H]4[C@@]2(C)C(=O)O[C@@H]51. The average Bonchev–Trinajstić information content (AvgIpc) is 3.14. The smallest absolute Gasteiger partial charge is 0.333 e. The summed E-state index contributed by atoms with van der Waals surface area (Å²) in [5, 5.41) is 21.2. The fraction of sp³-hybridized carbons (Fsp3) is 0.720. The van der Waals surface area contributed by atoms with Gasteiger partial charge in [-0.3, -0.25) is 9.59 Å². The summed E-state index contributed by atoms with van der Waals surface area (Å²) >= 11 is 0. The average molecular weight is 477 g/mol. The van der Waals surface area contributed by atoms with Crippen molar-refractivity contribution in [3.63, 3.8) is 0 Å². The molecule has 34 heavy (non-hydrogen) atoms. The van der Waals surface area contributed by atoms with Crippen LogP contribution >= 0.6 is 0 Å². The van der Waals surface area contributed by atoms with Gasteiger partial charge in [0.15, 0.2) is 6.10 Å². The maximum atomic E-state index is 13.3. The second-order valence-electron chi connectivity index (χ2n) is 11.2. The zero-order valence-electron chi connectivity index (χ0n) is 20.1. The molecule has 0 radical (unpaired) electrons. The maximum absolute atomic E-state index is 13.3. The molecule has 3 aliphatic carbocycles. The van der Waals surface area contributed by atoms with Gasteiger partial charge in [-0.05, 0) is 47.5 Å². The van der Waals surface area contributed by atoms with Crippen LogP contribution < -0.4 is 0 Å². The number of hydrogen-bond acceptors (Lipinski definition) is 9. The lowest BCUT2D eigenvalue weighted by atomic mass is 9.61. The van der Waals surface area contributed by atoms with Crippen molar-refractivity contribution in [2.24, 2.45) is 28.6 Å². The molecule has 0 unspecified atom stereocenters. The number of aliphatic hydroxyl groups excluding tert-OH is 1. The fourth-order valence-electron chi connectivity index (χ4n) is 7.35. The van der Waals surface area contributed by atoms with Gasteiger partial charge < -0.3 is 29.2 Å². The molecule has 5 rings (SSSR count). The molecule has 5 aliphatic rings. The van der Waals surface area contributed by atoms with Gasteiger partial charge in [-0.1, -0.05) is 6.08 Å². The third kappa shape index (κ3) is 2.95. The molecule has 9 atom stereocenters. The number of aliphatic hydroxyl groups is 2. The quantitative estimate of drug-likeness (QED) is 0.346. The van der Waals surface area contributed by atoms with Crippen LogP contribution in [0.15, 0.2) is 23.5 Å². The minimum atomic E-state index is -1.24. The molecule has 9 heteroatoms. The van der Waals surface area contributed by atoms with Crippen LogP contribution in [0.25, 0.3) is 0 Å². The predicted molar refractivity (Wildman–Crippen MR) is 115 cm³/mol. The molecule has 186 valence electrons. The number of hydrogen-bond donors (Lipinski definition) is 2. The van der Waals surface area contributed by atoms with E-state index < -0.39 is 70.8 Å². The third-order valence-corrected chi connectivity index (χ3v) is 8.76. The Hall–Kier alpha value is -2.39. The molecule has 0 aromatic rings. The van der Waals surface area contributed by atoms with E-state index in [4.69, 9.17) is 18.9 Å².